The fourth-order valence-corrected chi connectivity index (χ4v) is 7.91. The number of aliphatic carboxylic acids is 1. The second-order valence-corrected chi connectivity index (χ2v) is 13.4. The molecule has 5 rings (SSSR count). The zero-order valence-corrected chi connectivity index (χ0v) is 27.0. The summed E-state index contributed by atoms with van der Waals surface area (Å²) in [6, 6.07) is 21.9. The molecule has 6 heteroatoms. The van der Waals surface area contributed by atoms with E-state index >= 15 is 0 Å². The van der Waals surface area contributed by atoms with Crippen molar-refractivity contribution >= 4 is 5.97 Å². The second-order valence-electron chi connectivity index (χ2n) is 13.4. The number of likely N-dealkylation sites (N-methyl/N-ethyl adjacent to an activating group) is 1. The lowest BCUT2D eigenvalue weighted by atomic mass is 9.86. The van der Waals surface area contributed by atoms with Crippen LogP contribution in [-0.2, 0) is 17.8 Å². The van der Waals surface area contributed by atoms with E-state index in [-0.39, 0.29) is 12.0 Å². The molecule has 2 aromatic carbocycles. The van der Waals surface area contributed by atoms with Gasteiger partial charge in [-0.15, -0.1) is 0 Å². The molecule has 0 spiro atoms. The zero-order chi connectivity index (χ0) is 30.5. The van der Waals surface area contributed by atoms with Crippen LogP contribution in [0.1, 0.15) is 92.8 Å². The highest BCUT2D eigenvalue weighted by molar-refractivity contribution is 5.73. The monoisotopic (exact) mass is 584 g/mol. The summed E-state index contributed by atoms with van der Waals surface area (Å²) in [5.74, 6) is 0.972. The predicted octanol–water partition coefficient (Wildman–Crippen LogP) is 6.98. The van der Waals surface area contributed by atoms with Crippen LogP contribution in [0.5, 0.6) is 0 Å². The largest absolute Gasteiger partial charge is 0.480 e. The number of hydrogen-bond donors (Lipinski definition) is 1. The fraction of sp³-hybridized carbons (Fsp3) is 0.568. The van der Waals surface area contributed by atoms with Crippen molar-refractivity contribution < 1.29 is 9.90 Å². The van der Waals surface area contributed by atoms with Crippen LogP contribution in [-0.4, -0.2) is 69.4 Å². The number of piperidine rings is 1. The average Bonchev–Trinajstić information content (AvgIpc) is 3.62. The van der Waals surface area contributed by atoms with Crippen molar-refractivity contribution in [3.63, 3.8) is 0 Å². The maximum absolute atomic E-state index is 12.3. The lowest BCUT2D eigenvalue weighted by Gasteiger charge is -2.35. The number of carboxylic acid groups (broad SMARTS) is 1. The first-order valence-corrected chi connectivity index (χ1v) is 16.6. The smallest absolute Gasteiger partial charge is 0.321 e. The third-order valence-electron chi connectivity index (χ3n) is 10.5. The van der Waals surface area contributed by atoms with E-state index in [4.69, 9.17) is 5.10 Å². The van der Waals surface area contributed by atoms with Crippen LogP contribution in [0.15, 0.2) is 60.7 Å². The standard InChI is InChI=1S/C37H52N4O2/c1-6-27(4)36(37(42)43)39(5)33-22-31(34(24-33)30-15-11-12-26(3)20-30)25-40-18-16-29(17-19-40)35-23-32(38-41(35)7-2)21-28-13-9-8-10-14-28/h8-15,20,23,27,29,31,33-34,36H,6-7,16-19,21-22,24-25H2,1-5H3,(H,42,43)/t27-,31-,33+,34-,36-/m1/s1. The van der Waals surface area contributed by atoms with E-state index in [1.807, 2.05) is 0 Å². The summed E-state index contributed by atoms with van der Waals surface area (Å²) in [6.07, 6.45) is 6.17. The molecular weight excluding hydrogens is 532 g/mol. The van der Waals surface area contributed by atoms with Gasteiger partial charge in [0.1, 0.15) is 6.04 Å². The highest BCUT2D eigenvalue weighted by atomic mass is 16.4. The normalized spacial score (nSPS) is 23.1. The van der Waals surface area contributed by atoms with Crippen molar-refractivity contribution in [1.82, 2.24) is 19.6 Å². The molecule has 1 N–H and O–H groups in total. The zero-order valence-electron chi connectivity index (χ0n) is 27.0. The van der Waals surface area contributed by atoms with Gasteiger partial charge in [-0.05, 0) is 94.6 Å². The average molecular weight is 585 g/mol. The van der Waals surface area contributed by atoms with Gasteiger partial charge >= 0.3 is 5.97 Å². The highest BCUT2D eigenvalue weighted by Crippen LogP contribution is 2.44. The Bertz CT molecular complexity index is 1330. The summed E-state index contributed by atoms with van der Waals surface area (Å²) in [5, 5.41) is 15.1. The maximum atomic E-state index is 12.3. The quantitative estimate of drug-likeness (QED) is 0.249. The summed E-state index contributed by atoms with van der Waals surface area (Å²) < 4.78 is 2.24. The third-order valence-corrected chi connectivity index (χ3v) is 10.5. The Morgan fingerprint density at radius 3 is 2.44 bits per heavy atom. The van der Waals surface area contributed by atoms with Crippen molar-refractivity contribution in [2.24, 2.45) is 11.8 Å². The number of carbonyl (C=O) groups is 1. The maximum Gasteiger partial charge on any atom is 0.321 e. The van der Waals surface area contributed by atoms with Gasteiger partial charge in [-0.25, -0.2) is 0 Å². The number of rotatable bonds is 12. The first kappa shape index (κ1) is 31.5. The van der Waals surface area contributed by atoms with Gasteiger partial charge in [-0.1, -0.05) is 80.4 Å². The summed E-state index contributed by atoms with van der Waals surface area (Å²) in [6.45, 7) is 12.8. The topological polar surface area (TPSA) is 61.6 Å². The van der Waals surface area contributed by atoms with Gasteiger partial charge in [0, 0.05) is 37.2 Å². The molecular formula is C37H52N4O2. The molecule has 2 fully saturated rings. The van der Waals surface area contributed by atoms with Crippen LogP contribution in [0.25, 0.3) is 0 Å². The van der Waals surface area contributed by atoms with E-state index in [0.29, 0.717) is 17.8 Å². The molecule has 1 saturated carbocycles. The molecule has 232 valence electrons. The Kier molecular flexibility index (Phi) is 10.4. The van der Waals surface area contributed by atoms with Crippen LogP contribution < -0.4 is 0 Å². The van der Waals surface area contributed by atoms with Gasteiger partial charge < -0.3 is 10.0 Å². The Morgan fingerprint density at radius 1 is 1.05 bits per heavy atom. The minimum Gasteiger partial charge on any atom is -0.480 e. The fourth-order valence-electron chi connectivity index (χ4n) is 7.91. The van der Waals surface area contributed by atoms with Gasteiger partial charge in [-0.3, -0.25) is 14.4 Å². The highest BCUT2D eigenvalue weighted by Gasteiger charge is 2.42. The summed E-state index contributed by atoms with van der Waals surface area (Å²) in [7, 11) is 2.06. The van der Waals surface area contributed by atoms with Crippen molar-refractivity contribution in [3.8, 4) is 0 Å². The Hall–Kier alpha value is -2.96. The minimum atomic E-state index is -0.687. The molecule has 0 unspecified atom stereocenters. The molecule has 43 heavy (non-hydrogen) atoms. The molecule has 0 bridgehead atoms. The van der Waals surface area contributed by atoms with Crippen molar-refractivity contribution in [2.45, 2.75) is 96.7 Å². The number of hydrogen-bond acceptors (Lipinski definition) is 4. The molecule has 1 aromatic heterocycles. The van der Waals surface area contributed by atoms with Crippen LogP contribution in [0.4, 0.5) is 0 Å². The molecule has 1 aliphatic carbocycles. The van der Waals surface area contributed by atoms with Crippen molar-refractivity contribution in [1.29, 1.82) is 0 Å². The van der Waals surface area contributed by atoms with Crippen molar-refractivity contribution in [2.75, 3.05) is 26.7 Å². The number of likely N-dealkylation sites (tertiary alicyclic amines) is 1. The van der Waals surface area contributed by atoms with Crippen LogP contribution in [0, 0.1) is 18.8 Å². The van der Waals surface area contributed by atoms with Gasteiger partial charge in [0.25, 0.3) is 0 Å². The first-order valence-electron chi connectivity index (χ1n) is 16.6. The molecule has 1 aliphatic heterocycles. The SMILES string of the molecule is CC[C@@H](C)[C@H](C(=O)O)N(C)[C@H]1C[C@H](CN2CCC(c3cc(Cc4ccccc4)nn3CC)CC2)[C@@H](c2cccc(C)c2)C1. The molecule has 0 radical (unpaired) electrons. The summed E-state index contributed by atoms with van der Waals surface area (Å²) >= 11 is 0. The number of aromatic nitrogens is 2. The molecule has 3 aromatic rings. The van der Waals surface area contributed by atoms with E-state index in [2.05, 4.69) is 110 Å². The number of nitrogens with zero attached hydrogens (tertiary/aromatic N) is 4. The molecule has 2 heterocycles. The number of carboxylic acids is 1. The van der Waals surface area contributed by atoms with Crippen molar-refractivity contribution in [3.05, 3.63) is 88.7 Å². The second kappa shape index (κ2) is 14.2. The Balaban J connectivity index is 1.26. The van der Waals surface area contributed by atoms with E-state index in [0.717, 1.165) is 64.7 Å². The van der Waals surface area contributed by atoms with Crippen LogP contribution in [0.2, 0.25) is 0 Å². The third kappa shape index (κ3) is 7.41. The molecule has 5 atom stereocenters. The predicted molar refractivity (Wildman–Crippen MR) is 175 cm³/mol. The molecule has 2 aliphatic rings. The lowest BCUT2D eigenvalue weighted by molar-refractivity contribution is -0.145. The summed E-state index contributed by atoms with van der Waals surface area (Å²) in [5.41, 5.74) is 6.61. The Labute approximate surface area is 259 Å². The van der Waals surface area contributed by atoms with E-state index < -0.39 is 12.0 Å². The van der Waals surface area contributed by atoms with Gasteiger partial charge in [-0.2, -0.15) is 5.10 Å². The molecule has 0 amide bonds. The van der Waals surface area contributed by atoms with Gasteiger partial charge in [0.05, 0.1) is 5.69 Å². The van der Waals surface area contributed by atoms with E-state index in [1.54, 1.807) is 0 Å². The van der Waals surface area contributed by atoms with E-state index in [9.17, 15) is 9.90 Å². The first-order chi connectivity index (χ1) is 20.8. The van der Waals surface area contributed by atoms with Gasteiger partial charge in [0.2, 0.25) is 0 Å². The van der Waals surface area contributed by atoms with Crippen LogP contribution in [0.3, 0.4) is 0 Å². The minimum absolute atomic E-state index is 0.128. The number of aryl methyl sites for hydroxylation is 2. The van der Waals surface area contributed by atoms with Gasteiger partial charge in [0.15, 0.2) is 0 Å². The number of benzene rings is 2. The molecule has 1 saturated heterocycles. The Morgan fingerprint density at radius 2 is 1.79 bits per heavy atom. The lowest BCUT2D eigenvalue weighted by Crippen LogP contribution is -2.47. The molecule has 6 nitrogen and oxygen atoms in total. The summed E-state index contributed by atoms with van der Waals surface area (Å²) in [4.78, 5) is 17.2. The van der Waals surface area contributed by atoms with Crippen LogP contribution >= 0.6 is 0 Å². The van der Waals surface area contributed by atoms with E-state index in [1.165, 1.54) is 28.1 Å².